The number of amides is 1. The maximum Gasteiger partial charge on any atom is 0.270 e. The SMILES string of the molecule is Cn1c(C(=O)N2CC[C@@H]3OCCN(Cc4ccncc4)[C@H]3C2)cccc1=O. The van der Waals surface area contributed by atoms with Crippen LogP contribution in [-0.2, 0) is 18.3 Å². The highest BCUT2D eigenvalue weighted by Gasteiger charge is 2.38. The average molecular weight is 368 g/mol. The molecule has 4 heterocycles. The van der Waals surface area contributed by atoms with Gasteiger partial charge in [0.25, 0.3) is 11.5 Å². The molecule has 2 saturated heterocycles. The molecule has 0 aromatic carbocycles. The van der Waals surface area contributed by atoms with Crippen LogP contribution in [0, 0.1) is 0 Å². The van der Waals surface area contributed by atoms with Crippen molar-refractivity contribution in [3.05, 3.63) is 64.3 Å². The number of morpholine rings is 1. The zero-order valence-corrected chi connectivity index (χ0v) is 15.5. The van der Waals surface area contributed by atoms with Crippen LogP contribution in [0.1, 0.15) is 22.5 Å². The Morgan fingerprint density at radius 2 is 2.04 bits per heavy atom. The summed E-state index contributed by atoms with van der Waals surface area (Å²) in [7, 11) is 1.64. The van der Waals surface area contributed by atoms with E-state index < -0.39 is 0 Å². The van der Waals surface area contributed by atoms with Crippen LogP contribution >= 0.6 is 0 Å². The van der Waals surface area contributed by atoms with Crippen molar-refractivity contribution < 1.29 is 9.53 Å². The van der Waals surface area contributed by atoms with E-state index in [1.807, 2.05) is 17.0 Å². The van der Waals surface area contributed by atoms with Crippen molar-refractivity contribution in [2.75, 3.05) is 26.2 Å². The Hall–Kier alpha value is -2.51. The van der Waals surface area contributed by atoms with Gasteiger partial charge in [-0.05, 0) is 30.2 Å². The molecule has 2 aliphatic rings. The van der Waals surface area contributed by atoms with Gasteiger partial charge in [0.15, 0.2) is 0 Å². The van der Waals surface area contributed by atoms with Crippen molar-refractivity contribution in [1.82, 2.24) is 19.4 Å². The number of pyridine rings is 2. The highest BCUT2D eigenvalue weighted by Crippen LogP contribution is 2.25. The van der Waals surface area contributed by atoms with Crippen molar-refractivity contribution in [3.8, 4) is 0 Å². The summed E-state index contributed by atoms with van der Waals surface area (Å²) in [6.07, 6.45) is 4.56. The van der Waals surface area contributed by atoms with Crippen LogP contribution in [0.2, 0.25) is 0 Å². The summed E-state index contributed by atoms with van der Waals surface area (Å²) < 4.78 is 7.40. The van der Waals surface area contributed by atoms with Crippen molar-refractivity contribution in [1.29, 1.82) is 0 Å². The third-order valence-electron chi connectivity index (χ3n) is 5.53. The van der Waals surface area contributed by atoms with Crippen LogP contribution in [0.25, 0.3) is 0 Å². The standard InChI is InChI=1S/C20H24N4O3/c1-22-16(3-2-4-19(22)25)20(26)24-10-7-18-17(14-24)23(11-12-27-18)13-15-5-8-21-9-6-15/h2-6,8-9,17-18H,7,10-14H2,1H3/t17-,18-/m0/s1. The molecule has 0 unspecified atom stereocenters. The van der Waals surface area contributed by atoms with E-state index in [9.17, 15) is 9.59 Å². The van der Waals surface area contributed by atoms with Crippen LogP contribution in [-0.4, -0.2) is 63.6 Å². The quantitative estimate of drug-likeness (QED) is 0.805. The molecule has 1 amide bonds. The lowest BCUT2D eigenvalue weighted by atomic mass is 9.97. The van der Waals surface area contributed by atoms with Crippen molar-refractivity contribution >= 4 is 5.91 Å². The molecule has 2 aliphatic heterocycles. The number of aromatic nitrogens is 2. The fourth-order valence-electron chi connectivity index (χ4n) is 3.99. The number of carbonyl (C=O) groups is 1. The number of rotatable bonds is 3. The molecule has 2 fully saturated rings. The van der Waals surface area contributed by atoms with E-state index in [0.29, 0.717) is 25.4 Å². The normalized spacial score (nSPS) is 23.1. The van der Waals surface area contributed by atoms with Gasteiger partial charge in [0.2, 0.25) is 0 Å². The monoisotopic (exact) mass is 368 g/mol. The molecule has 7 nitrogen and oxygen atoms in total. The predicted molar refractivity (Wildman–Crippen MR) is 100 cm³/mol. The Balaban J connectivity index is 1.52. The molecule has 2 atom stereocenters. The zero-order valence-electron chi connectivity index (χ0n) is 15.5. The van der Waals surface area contributed by atoms with Gasteiger partial charge in [-0.1, -0.05) is 6.07 Å². The van der Waals surface area contributed by atoms with E-state index >= 15 is 0 Å². The molecule has 0 radical (unpaired) electrons. The largest absolute Gasteiger partial charge is 0.375 e. The minimum atomic E-state index is -0.170. The molecule has 7 heteroatoms. The number of piperidine rings is 1. The number of ether oxygens (including phenoxy) is 1. The third-order valence-corrected chi connectivity index (χ3v) is 5.53. The van der Waals surface area contributed by atoms with Gasteiger partial charge < -0.3 is 14.2 Å². The van der Waals surface area contributed by atoms with Crippen LogP contribution in [0.15, 0.2) is 47.5 Å². The minimum Gasteiger partial charge on any atom is -0.375 e. The Morgan fingerprint density at radius 3 is 2.85 bits per heavy atom. The lowest BCUT2D eigenvalue weighted by Gasteiger charge is -2.47. The molecule has 4 rings (SSSR count). The van der Waals surface area contributed by atoms with Crippen LogP contribution in [0.4, 0.5) is 0 Å². The summed E-state index contributed by atoms with van der Waals surface area (Å²) in [6, 6.07) is 9.02. The number of likely N-dealkylation sites (tertiary alicyclic amines) is 1. The van der Waals surface area contributed by atoms with Crippen LogP contribution in [0.5, 0.6) is 0 Å². The smallest absolute Gasteiger partial charge is 0.270 e. The first-order valence-electron chi connectivity index (χ1n) is 9.33. The molecule has 27 heavy (non-hydrogen) atoms. The second kappa shape index (κ2) is 7.62. The average Bonchev–Trinajstić information content (AvgIpc) is 2.70. The number of carbonyl (C=O) groups excluding carboxylic acids is 1. The highest BCUT2D eigenvalue weighted by atomic mass is 16.5. The summed E-state index contributed by atoms with van der Waals surface area (Å²) in [5, 5.41) is 0. The Kier molecular flexibility index (Phi) is 5.05. The van der Waals surface area contributed by atoms with E-state index in [2.05, 4.69) is 9.88 Å². The molecule has 0 spiro atoms. The van der Waals surface area contributed by atoms with E-state index in [4.69, 9.17) is 4.74 Å². The maximum atomic E-state index is 13.0. The summed E-state index contributed by atoms with van der Waals surface area (Å²) in [5.41, 5.74) is 1.47. The Bertz CT molecular complexity index is 867. The minimum absolute atomic E-state index is 0.0944. The molecule has 0 saturated carbocycles. The number of fused-ring (bicyclic) bond motifs is 1. The lowest BCUT2D eigenvalue weighted by Crippen LogP contribution is -2.60. The molecule has 0 N–H and O–H groups in total. The van der Waals surface area contributed by atoms with Crippen molar-refractivity contribution in [3.63, 3.8) is 0 Å². The van der Waals surface area contributed by atoms with Gasteiger partial charge in [-0.25, -0.2) is 0 Å². The molecule has 0 aliphatic carbocycles. The van der Waals surface area contributed by atoms with E-state index in [1.165, 1.54) is 16.2 Å². The number of hydrogen-bond donors (Lipinski definition) is 0. The molecular weight excluding hydrogens is 344 g/mol. The molecule has 0 bridgehead atoms. The second-order valence-corrected chi connectivity index (χ2v) is 7.15. The van der Waals surface area contributed by atoms with Gasteiger partial charge in [0.1, 0.15) is 5.69 Å². The fourth-order valence-corrected chi connectivity index (χ4v) is 3.99. The zero-order chi connectivity index (χ0) is 18.8. The van der Waals surface area contributed by atoms with Crippen molar-refractivity contribution in [2.24, 2.45) is 7.05 Å². The summed E-state index contributed by atoms with van der Waals surface area (Å²) in [6.45, 7) is 3.63. The first-order chi connectivity index (χ1) is 13.1. The van der Waals surface area contributed by atoms with E-state index in [1.54, 1.807) is 31.6 Å². The Morgan fingerprint density at radius 1 is 1.22 bits per heavy atom. The number of hydrogen-bond acceptors (Lipinski definition) is 5. The number of nitrogens with zero attached hydrogens (tertiary/aromatic N) is 4. The molecule has 142 valence electrons. The molecule has 2 aromatic rings. The van der Waals surface area contributed by atoms with Crippen molar-refractivity contribution in [2.45, 2.75) is 25.1 Å². The van der Waals surface area contributed by atoms with Crippen LogP contribution < -0.4 is 5.56 Å². The first kappa shape index (κ1) is 17.9. The highest BCUT2D eigenvalue weighted by molar-refractivity contribution is 5.92. The summed E-state index contributed by atoms with van der Waals surface area (Å²) >= 11 is 0. The topological polar surface area (TPSA) is 67.7 Å². The maximum absolute atomic E-state index is 13.0. The van der Waals surface area contributed by atoms with Gasteiger partial charge in [0.05, 0.1) is 18.8 Å². The molecule has 2 aromatic heterocycles. The molecular formula is C20H24N4O3. The predicted octanol–water partition coefficient (Wildman–Crippen LogP) is 0.896. The Labute approximate surface area is 158 Å². The second-order valence-electron chi connectivity index (χ2n) is 7.15. The first-order valence-corrected chi connectivity index (χ1v) is 9.33. The van der Waals surface area contributed by atoms with E-state index in [-0.39, 0.29) is 23.6 Å². The van der Waals surface area contributed by atoms with Gasteiger partial charge in [-0.15, -0.1) is 0 Å². The lowest BCUT2D eigenvalue weighted by molar-refractivity contribution is -0.101. The fraction of sp³-hybridized carbons (Fsp3) is 0.450. The van der Waals surface area contributed by atoms with Gasteiger partial charge in [-0.2, -0.15) is 0 Å². The van der Waals surface area contributed by atoms with Gasteiger partial charge in [-0.3, -0.25) is 19.5 Å². The summed E-state index contributed by atoms with van der Waals surface area (Å²) in [5.74, 6) is -0.0944. The van der Waals surface area contributed by atoms with Gasteiger partial charge >= 0.3 is 0 Å². The summed E-state index contributed by atoms with van der Waals surface area (Å²) in [4.78, 5) is 33.2. The van der Waals surface area contributed by atoms with Crippen LogP contribution in [0.3, 0.4) is 0 Å². The van der Waals surface area contributed by atoms with E-state index in [0.717, 1.165) is 19.5 Å². The third kappa shape index (κ3) is 3.65. The van der Waals surface area contributed by atoms with Gasteiger partial charge in [0, 0.05) is 51.7 Å².